The van der Waals surface area contributed by atoms with E-state index in [1.54, 1.807) is 0 Å². The lowest BCUT2D eigenvalue weighted by Gasteiger charge is -2.31. The predicted molar refractivity (Wildman–Crippen MR) is 80.3 cm³/mol. The molecule has 0 spiro atoms. The molecule has 1 aromatic rings. The van der Waals surface area contributed by atoms with E-state index in [4.69, 9.17) is 5.11 Å². The summed E-state index contributed by atoms with van der Waals surface area (Å²) in [5.74, 6) is -4.09. The summed E-state index contributed by atoms with van der Waals surface area (Å²) in [5, 5.41) is 8.93. The van der Waals surface area contributed by atoms with Crippen molar-refractivity contribution in [3.63, 3.8) is 0 Å². The molecule has 24 heavy (non-hydrogen) atoms. The van der Waals surface area contributed by atoms with Gasteiger partial charge in [0.25, 0.3) is 5.91 Å². The second-order valence-electron chi connectivity index (χ2n) is 5.78. The highest BCUT2D eigenvalue weighted by molar-refractivity contribution is 5.96. The van der Waals surface area contributed by atoms with Crippen LogP contribution in [0.5, 0.6) is 0 Å². The maximum Gasteiger partial charge on any atom is 0.306 e. The molecule has 1 fully saturated rings. The van der Waals surface area contributed by atoms with Crippen LogP contribution in [0.3, 0.4) is 0 Å². The van der Waals surface area contributed by atoms with Gasteiger partial charge in [0.1, 0.15) is 11.6 Å². The SMILES string of the molecule is CN(CC(=O)N1CCC(C(=O)O)CC1)C(=O)c1cc(F)ccc1F. The number of aliphatic carboxylic acids is 1. The molecular weight excluding hydrogens is 322 g/mol. The van der Waals surface area contributed by atoms with E-state index in [2.05, 4.69) is 0 Å². The molecule has 130 valence electrons. The minimum absolute atomic E-state index is 0.285. The van der Waals surface area contributed by atoms with Crippen molar-refractivity contribution in [1.29, 1.82) is 0 Å². The zero-order chi connectivity index (χ0) is 17.9. The van der Waals surface area contributed by atoms with Gasteiger partial charge >= 0.3 is 5.97 Å². The Morgan fingerprint density at radius 1 is 1.25 bits per heavy atom. The molecule has 2 amide bonds. The van der Waals surface area contributed by atoms with Gasteiger partial charge in [0.15, 0.2) is 0 Å². The van der Waals surface area contributed by atoms with Crippen LogP contribution in [0.25, 0.3) is 0 Å². The van der Waals surface area contributed by atoms with Crippen molar-refractivity contribution in [2.24, 2.45) is 5.92 Å². The number of carboxylic acids is 1. The van der Waals surface area contributed by atoms with Crippen LogP contribution in [0.15, 0.2) is 18.2 Å². The molecule has 0 saturated carbocycles. The van der Waals surface area contributed by atoms with Crippen LogP contribution in [0.1, 0.15) is 23.2 Å². The molecule has 8 heteroatoms. The quantitative estimate of drug-likeness (QED) is 0.898. The van der Waals surface area contributed by atoms with Crippen molar-refractivity contribution in [3.8, 4) is 0 Å². The molecule has 0 unspecified atom stereocenters. The fourth-order valence-electron chi connectivity index (χ4n) is 2.62. The molecule has 1 saturated heterocycles. The summed E-state index contributed by atoms with van der Waals surface area (Å²) in [6, 6.07) is 2.55. The molecule has 1 heterocycles. The second-order valence-corrected chi connectivity index (χ2v) is 5.78. The van der Waals surface area contributed by atoms with Crippen LogP contribution < -0.4 is 0 Å². The monoisotopic (exact) mass is 340 g/mol. The average molecular weight is 340 g/mol. The summed E-state index contributed by atoms with van der Waals surface area (Å²) in [6.07, 6.45) is 0.717. The summed E-state index contributed by atoms with van der Waals surface area (Å²) < 4.78 is 26.8. The summed E-state index contributed by atoms with van der Waals surface area (Å²) in [6.45, 7) is 0.310. The lowest BCUT2D eigenvalue weighted by Crippen LogP contribution is -2.45. The van der Waals surface area contributed by atoms with Gasteiger partial charge in [-0.1, -0.05) is 0 Å². The zero-order valence-corrected chi connectivity index (χ0v) is 13.2. The summed E-state index contributed by atoms with van der Waals surface area (Å²) in [7, 11) is 1.33. The Bertz CT molecular complexity index is 657. The van der Waals surface area contributed by atoms with Gasteiger partial charge in [-0.25, -0.2) is 8.78 Å². The van der Waals surface area contributed by atoms with Gasteiger partial charge in [-0.3, -0.25) is 14.4 Å². The molecule has 0 aromatic heterocycles. The minimum Gasteiger partial charge on any atom is -0.481 e. The minimum atomic E-state index is -0.879. The first-order chi connectivity index (χ1) is 11.3. The number of piperidine rings is 1. The topological polar surface area (TPSA) is 77.9 Å². The largest absolute Gasteiger partial charge is 0.481 e. The Balaban J connectivity index is 1.95. The maximum absolute atomic E-state index is 13.6. The molecule has 1 aromatic carbocycles. The average Bonchev–Trinajstić information content (AvgIpc) is 2.56. The number of hydrogen-bond donors (Lipinski definition) is 1. The normalized spacial score (nSPS) is 15.2. The summed E-state index contributed by atoms with van der Waals surface area (Å²) in [5.41, 5.74) is -0.435. The van der Waals surface area contributed by atoms with Crippen molar-refractivity contribution in [2.75, 3.05) is 26.7 Å². The number of likely N-dealkylation sites (N-methyl/N-ethyl adjacent to an activating group) is 1. The third-order valence-corrected chi connectivity index (χ3v) is 4.07. The molecule has 2 rings (SSSR count). The number of hydrogen-bond acceptors (Lipinski definition) is 3. The maximum atomic E-state index is 13.6. The van der Waals surface area contributed by atoms with Gasteiger partial charge in [0, 0.05) is 20.1 Å². The third-order valence-electron chi connectivity index (χ3n) is 4.07. The molecule has 1 N–H and O–H groups in total. The van der Waals surface area contributed by atoms with Crippen molar-refractivity contribution in [1.82, 2.24) is 9.80 Å². The van der Waals surface area contributed by atoms with Gasteiger partial charge in [-0.05, 0) is 31.0 Å². The number of amides is 2. The lowest BCUT2D eigenvalue weighted by atomic mass is 9.97. The number of carbonyl (C=O) groups excluding carboxylic acids is 2. The summed E-state index contributed by atoms with van der Waals surface area (Å²) >= 11 is 0. The summed E-state index contributed by atoms with van der Waals surface area (Å²) in [4.78, 5) is 37.7. The molecular formula is C16H18F2N2O4. The standard InChI is InChI=1S/C16H18F2N2O4/c1-19(15(22)12-8-11(17)2-3-13(12)18)9-14(21)20-6-4-10(5-7-20)16(23)24/h2-3,8,10H,4-7,9H2,1H3,(H,23,24). The smallest absolute Gasteiger partial charge is 0.306 e. The van der Waals surface area contributed by atoms with Crippen molar-refractivity contribution in [2.45, 2.75) is 12.8 Å². The first-order valence-corrected chi connectivity index (χ1v) is 7.50. The number of carboxylic acid groups (broad SMARTS) is 1. The van der Waals surface area contributed by atoms with Crippen molar-refractivity contribution >= 4 is 17.8 Å². The molecule has 0 radical (unpaired) electrons. The Labute approximate surface area is 137 Å². The number of nitrogens with zero attached hydrogens (tertiary/aromatic N) is 2. The van der Waals surface area contributed by atoms with Crippen LogP contribution in [0.2, 0.25) is 0 Å². The third kappa shape index (κ3) is 4.06. The van der Waals surface area contributed by atoms with Crippen LogP contribution in [-0.4, -0.2) is 59.4 Å². The fraction of sp³-hybridized carbons (Fsp3) is 0.438. The first-order valence-electron chi connectivity index (χ1n) is 7.50. The Kier molecular flexibility index (Phi) is 5.48. The Hall–Kier alpha value is -2.51. The van der Waals surface area contributed by atoms with Crippen molar-refractivity contribution < 1.29 is 28.3 Å². The Morgan fingerprint density at radius 2 is 1.88 bits per heavy atom. The van der Waals surface area contributed by atoms with Gasteiger partial charge < -0.3 is 14.9 Å². The van der Waals surface area contributed by atoms with Gasteiger partial charge in [0.2, 0.25) is 5.91 Å². The van der Waals surface area contributed by atoms with Crippen LogP contribution in [0.4, 0.5) is 8.78 Å². The molecule has 0 atom stereocenters. The number of likely N-dealkylation sites (tertiary alicyclic amines) is 1. The highest BCUT2D eigenvalue weighted by Gasteiger charge is 2.28. The van der Waals surface area contributed by atoms with E-state index in [1.165, 1.54) is 11.9 Å². The fourth-order valence-corrected chi connectivity index (χ4v) is 2.62. The Morgan fingerprint density at radius 3 is 2.46 bits per heavy atom. The first kappa shape index (κ1) is 17.8. The number of halogens is 2. The predicted octanol–water partition coefficient (Wildman–Crippen LogP) is 1.36. The van der Waals surface area contributed by atoms with Gasteiger partial charge in [0.05, 0.1) is 18.0 Å². The van der Waals surface area contributed by atoms with Crippen molar-refractivity contribution in [3.05, 3.63) is 35.4 Å². The second kappa shape index (κ2) is 7.37. The van der Waals surface area contributed by atoms with E-state index in [9.17, 15) is 23.2 Å². The van der Waals surface area contributed by atoms with Crippen LogP contribution in [0, 0.1) is 17.6 Å². The van der Waals surface area contributed by atoms with E-state index in [1.807, 2.05) is 0 Å². The van der Waals surface area contributed by atoms with E-state index < -0.39 is 35.0 Å². The van der Waals surface area contributed by atoms with Crippen LogP contribution >= 0.6 is 0 Å². The highest BCUT2D eigenvalue weighted by atomic mass is 19.1. The molecule has 6 nitrogen and oxygen atoms in total. The molecule has 1 aliphatic rings. The van der Waals surface area contributed by atoms with E-state index in [0.29, 0.717) is 25.9 Å². The van der Waals surface area contributed by atoms with E-state index in [-0.39, 0.29) is 12.5 Å². The lowest BCUT2D eigenvalue weighted by molar-refractivity contribution is -0.145. The van der Waals surface area contributed by atoms with Crippen LogP contribution in [-0.2, 0) is 9.59 Å². The molecule has 0 aliphatic carbocycles. The zero-order valence-electron chi connectivity index (χ0n) is 13.2. The highest BCUT2D eigenvalue weighted by Crippen LogP contribution is 2.18. The van der Waals surface area contributed by atoms with Gasteiger partial charge in [-0.2, -0.15) is 0 Å². The van der Waals surface area contributed by atoms with E-state index >= 15 is 0 Å². The van der Waals surface area contributed by atoms with Gasteiger partial charge in [-0.15, -0.1) is 0 Å². The number of carbonyl (C=O) groups is 3. The number of rotatable bonds is 4. The number of benzene rings is 1. The molecule has 0 bridgehead atoms. The van der Waals surface area contributed by atoms with E-state index in [0.717, 1.165) is 23.1 Å². The molecule has 1 aliphatic heterocycles.